The third-order valence-corrected chi connectivity index (χ3v) is 3.95. The van der Waals surface area contributed by atoms with Crippen molar-refractivity contribution in [2.24, 2.45) is 0 Å². The lowest BCUT2D eigenvalue weighted by Crippen LogP contribution is -2.30. The summed E-state index contributed by atoms with van der Waals surface area (Å²) in [6, 6.07) is 7.60. The number of nitrogens with zero attached hydrogens (tertiary/aromatic N) is 2. The summed E-state index contributed by atoms with van der Waals surface area (Å²) in [5.41, 5.74) is 1.62. The first-order valence-electron chi connectivity index (χ1n) is 9.08. The van der Waals surface area contributed by atoms with Gasteiger partial charge >= 0.3 is 11.7 Å². The third-order valence-electron chi connectivity index (χ3n) is 3.95. The summed E-state index contributed by atoms with van der Waals surface area (Å²) in [5.74, 6) is -0.527. The fraction of sp³-hybridized carbons (Fsp3) is 0.526. The maximum atomic E-state index is 12.6. The molecule has 142 valence electrons. The quantitative estimate of drug-likeness (QED) is 0.693. The molecule has 1 N–H and O–H groups in total. The van der Waals surface area contributed by atoms with Gasteiger partial charge in [-0.15, -0.1) is 0 Å². The van der Waals surface area contributed by atoms with Crippen LogP contribution in [0.15, 0.2) is 29.1 Å². The van der Waals surface area contributed by atoms with Gasteiger partial charge in [0.05, 0.1) is 23.6 Å². The van der Waals surface area contributed by atoms with Gasteiger partial charge in [-0.3, -0.25) is 18.7 Å². The lowest BCUT2D eigenvalue weighted by Gasteiger charge is -2.08. The van der Waals surface area contributed by atoms with E-state index in [9.17, 15) is 14.4 Å². The van der Waals surface area contributed by atoms with Crippen molar-refractivity contribution in [2.75, 3.05) is 6.54 Å². The summed E-state index contributed by atoms with van der Waals surface area (Å²) in [5, 5.41) is 2.69. The van der Waals surface area contributed by atoms with E-state index in [0.29, 0.717) is 13.1 Å². The number of aromatic nitrogens is 2. The van der Waals surface area contributed by atoms with Crippen molar-refractivity contribution in [3.8, 4) is 0 Å². The number of aryl methyl sites for hydroxylation is 2. The first-order chi connectivity index (χ1) is 12.4. The lowest BCUT2D eigenvalue weighted by molar-refractivity contribution is -0.147. The number of fused-ring (bicyclic) bond motifs is 1. The van der Waals surface area contributed by atoms with Gasteiger partial charge in [0.15, 0.2) is 0 Å². The monoisotopic (exact) mass is 361 g/mol. The van der Waals surface area contributed by atoms with Gasteiger partial charge in [-0.1, -0.05) is 19.1 Å². The summed E-state index contributed by atoms with van der Waals surface area (Å²) >= 11 is 0. The summed E-state index contributed by atoms with van der Waals surface area (Å²) in [7, 11) is 0. The normalized spacial score (nSPS) is 11.1. The topological polar surface area (TPSA) is 82.3 Å². The highest BCUT2D eigenvalue weighted by atomic mass is 16.5. The predicted molar refractivity (Wildman–Crippen MR) is 100.0 cm³/mol. The van der Waals surface area contributed by atoms with E-state index in [1.54, 1.807) is 23.0 Å². The highest BCUT2D eigenvalue weighted by molar-refractivity contribution is 5.78. The van der Waals surface area contributed by atoms with E-state index in [0.717, 1.165) is 17.5 Å². The van der Waals surface area contributed by atoms with Crippen molar-refractivity contribution in [3.63, 3.8) is 0 Å². The second-order valence-electron chi connectivity index (χ2n) is 6.46. The van der Waals surface area contributed by atoms with E-state index in [-0.39, 0.29) is 43.1 Å². The smallest absolute Gasteiger partial charge is 0.329 e. The predicted octanol–water partition coefficient (Wildman–Crippen LogP) is 2.06. The van der Waals surface area contributed by atoms with Gasteiger partial charge in [-0.2, -0.15) is 0 Å². The standard InChI is InChI=1S/C19H27N3O4/c1-4-12-21-15-7-5-6-8-16(15)22(19(21)25)13-10-17(23)20-11-9-18(24)26-14(2)3/h5-8,14H,4,9-13H2,1-3H3,(H,20,23). The fourth-order valence-corrected chi connectivity index (χ4v) is 2.86. The molecule has 2 rings (SSSR count). The maximum Gasteiger partial charge on any atom is 0.329 e. The van der Waals surface area contributed by atoms with Crippen LogP contribution in [-0.2, 0) is 27.4 Å². The molecule has 0 saturated heterocycles. The van der Waals surface area contributed by atoms with Crippen LogP contribution in [0.5, 0.6) is 0 Å². The fourth-order valence-electron chi connectivity index (χ4n) is 2.86. The molecule has 0 saturated carbocycles. The number of amides is 1. The Bertz CT molecular complexity index is 820. The van der Waals surface area contributed by atoms with Gasteiger partial charge in [0.1, 0.15) is 0 Å². The summed E-state index contributed by atoms with van der Waals surface area (Å²) in [6.07, 6.45) is 1.02. The van der Waals surface area contributed by atoms with Crippen molar-refractivity contribution in [2.45, 2.75) is 59.2 Å². The molecule has 0 radical (unpaired) electrons. The van der Waals surface area contributed by atoms with Gasteiger partial charge in [0, 0.05) is 26.1 Å². The molecular weight excluding hydrogens is 334 g/mol. The number of nitrogens with one attached hydrogen (secondary N) is 1. The Morgan fingerprint density at radius 1 is 1.08 bits per heavy atom. The minimum Gasteiger partial charge on any atom is -0.463 e. The van der Waals surface area contributed by atoms with E-state index in [4.69, 9.17) is 4.74 Å². The second kappa shape index (κ2) is 9.22. The van der Waals surface area contributed by atoms with Crippen LogP contribution in [0.1, 0.15) is 40.0 Å². The number of rotatable bonds is 9. The Hall–Kier alpha value is -2.57. The SMILES string of the molecule is CCCn1c(=O)n(CCC(=O)NCCC(=O)OC(C)C)c2ccccc21. The molecule has 1 aromatic carbocycles. The minimum atomic E-state index is -0.334. The average molecular weight is 361 g/mol. The molecule has 7 nitrogen and oxygen atoms in total. The maximum absolute atomic E-state index is 12.6. The van der Waals surface area contributed by atoms with Crippen LogP contribution in [0, 0.1) is 0 Å². The van der Waals surface area contributed by atoms with Crippen molar-refractivity contribution in [1.29, 1.82) is 0 Å². The van der Waals surface area contributed by atoms with Crippen molar-refractivity contribution in [3.05, 3.63) is 34.7 Å². The molecule has 0 fully saturated rings. The largest absolute Gasteiger partial charge is 0.463 e. The molecule has 2 aromatic rings. The van der Waals surface area contributed by atoms with Gasteiger partial charge in [-0.25, -0.2) is 4.79 Å². The number of imidazole rings is 1. The van der Waals surface area contributed by atoms with Crippen LogP contribution < -0.4 is 11.0 Å². The Labute approximate surface area is 152 Å². The Morgan fingerprint density at radius 3 is 2.27 bits per heavy atom. The molecule has 1 heterocycles. The lowest BCUT2D eigenvalue weighted by atomic mass is 10.3. The third kappa shape index (κ3) is 4.97. The zero-order valence-electron chi connectivity index (χ0n) is 15.7. The summed E-state index contributed by atoms with van der Waals surface area (Å²) in [4.78, 5) is 36.1. The van der Waals surface area contributed by atoms with Crippen LogP contribution in [0.3, 0.4) is 0 Å². The van der Waals surface area contributed by atoms with E-state index in [2.05, 4.69) is 5.32 Å². The molecule has 0 aliphatic carbocycles. The number of hydrogen-bond donors (Lipinski definition) is 1. The zero-order valence-corrected chi connectivity index (χ0v) is 15.7. The van der Waals surface area contributed by atoms with Gasteiger partial charge in [0.25, 0.3) is 0 Å². The summed E-state index contributed by atoms with van der Waals surface area (Å²) < 4.78 is 8.39. The first-order valence-corrected chi connectivity index (χ1v) is 9.08. The molecular formula is C19H27N3O4. The van der Waals surface area contributed by atoms with Crippen LogP contribution in [0.2, 0.25) is 0 Å². The van der Waals surface area contributed by atoms with Crippen LogP contribution >= 0.6 is 0 Å². The van der Waals surface area contributed by atoms with Crippen molar-refractivity contribution >= 4 is 22.9 Å². The highest BCUT2D eigenvalue weighted by Gasteiger charge is 2.13. The molecule has 0 bridgehead atoms. The number of para-hydroxylation sites is 2. The van der Waals surface area contributed by atoms with Gasteiger partial charge in [0.2, 0.25) is 5.91 Å². The Morgan fingerprint density at radius 2 is 1.69 bits per heavy atom. The number of ether oxygens (including phenoxy) is 1. The highest BCUT2D eigenvalue weighted by Crippen LogP contribution is 2.13. The molecule has 7 heteroatoms. The number of carbonyl (C=O) groups excluding carboxylic acids is 2. The second-order valence-corrected chi connectivity index (χ2v) is 6.46. The summed E-state index contributed by atoms with van der Waals surface area (Å²) in [6.45, 7) is 6.77. The van der Waals surface area contributed by atoms with Crippen LogP contribution in [0.25, 0.3) is 11.0 Å². The average Bonchev–Trinajstić information content (AvgIpc) is 2.85. The van der Waals surface area contributed by atoms with Crippen LogP contribution in [0.4, 0.5) is 0 Å². The van der Waals surface area contributed by atoms with E-state index in [1.807, 2.05) is 31.2 Å². The van der Waals surface area contributed by atoms with E-state index >= 15 is 0 Å². The molecule has 0 aliphatic heterocycles. The Balaban J connectivity index is 1.95. The molecule has 1 aromatic heterocycles. The van der Waals surface area contributed by atoms with E-state index < -0.39 is 0 Å². The Kier molecular flexibility index (Phi) is 7.00. The molecule has 26 heavy (non-hydrogen) atoms. The minimum absolute atomic E-state index is 0.0960. The zero-order chi connectivity index (χ0) is 19.1. The van der Waals surface area contributed by atoms with Crippen molar-refractivity contribution < 1.29 is 14.3 Å². The molecule has 0 unspecified atom stereocenters. The number of carbonyl (C=O) groups is 2. The van der Waals surface area contributed by atoms with Crippen molar-refractivity contribution in [1.82, 2.24) is 14.5 Å². The number of hydrogen-bond acceptors (Lipinski definition) is 4. The molecule has 0 atom stereocenters. The van der Waals surface area contributed by atoms with Gasteiger partial charge < -0.3 is 10.1 Å². The number of benzene rings is 1. The number of esters is 1. The molecule has 1 amide bonds. The van der Waals surface area contributed by atoms with Gasteiger partial charge in [-0.05, 0) is 32.4 Å². The first kappa shape index (κ1) is 19.8. The molecule has 0 aliphatic rings. The molecule has 0 spiro atoms. The van der Waals surface area contributed by atoms with Crippen LogP contribution in [-0.4, -0.2) is 33.7 Å². The van der Waals surface area contributed by atoms with E-state index in [1.165, 1.54) is 0 Å².